The van der Waals surface area contributed by atoms with Crippen molar-refractivity contribution in [3.63, 3.8) is 0 Å². The fourth-order valence-electron chi connectivity index (χ4n) is 3.91. The zero-order valence-electron chi connectivity index (χ0n) is 22.4. The van der Waals surface area contributed by atoms with E-state index in [0.29, 0.717) is 17.9 Å². The number of benzene rings is 2. The predicted octanol–water partition coefficient (Wildman–Crippen LogP) is 3.80. The molecule has 0 aliphatic carbocycles. The Morgan fingerprint density at radius 2 is 1.75 bits per heavy atom. The molecule has 2 atom stereocenters. The van der Waals surface area contributed by atoms with E-state index in [9.17, 15) is 18.0 Å². The smallest absolute Gasteiger partial charge is 0.244 e. The maximum Gasteiger partial charge on any atom is 0.244 e. The van der Waals surface area contributed by atoms with Gasteiger partial charge in [-0.05, 0) is 68.5 Å². The SMILES string of the molecule is CC[C@H](C(=O)N[C@@H](C)CC)N(Cc1cccc(OC)c1)C(=O)CN(c1cc(C)ccc1C)S(C)(=O)=O. The Kier molecular flexibility index (Phi) is 10.3. The average Bonchev–Trinajstić information content (AvgIpc) is 2.83. The van der Waals surface area contributed by atoms with Gasteiger partial charge in [0.25, 0.3) is 0 Å². The number of nitrogens with zero attached hydrogens (tertiary/aromatic N) is 2. The zero-order valence-corrected chi connectivity index (χ0v) is 23.2. The van der Waals surface area contributed by atoms with Crippen molar-refractivity contribution in [1.29, 1.82) is 0 Å². The minimum absolute atomic E-state index is 0.0530. The molecule has 0 unspecified atom stereocenters. The minimum atomic E-state index is -3.78. The monoisotopic (exact) mass is 517 g/mol. The van der Waals surface area contributed by atoms with Gasteiger partial charge in [-0.2, -0.15) is 0 Å². The quantitative estimate of drug-likeness (QED) is 0.462. The highest BCUT2D eigenvalue weighted by molar-refractivity contribution is 7.92. The number of sulfonamides is 1. The lowest BCUT2D eigenvalue weighted by atomic mass is 10.1. The van der Waals surface area contributed by atoms with Crippen LogP contribution in [-0.4, -0.2) is 57.1 Å². The van der Waals surface area contributed by atoms with Gasteiger partial charge in [0, 0.05) is 12.6 Å². The van der Waals surface area contributed by atoms with Gasteiger partial charge in [0.15, 0.2) is 0 Å². The molecule has 8 nitrogen and oxygen atoms in total. The molecule has 0 fully saturated rings. The summed E-state index contributed by atoms with van der Waals surface area (Å²) in [5.41, 5.74) is 2.84. The van der Waals surface area contributed by atoms with E-state index in [0.717, 1.165) is 33.7 Å². The van der Waals surface area contributed by atoms with E-state index < -0.39 is 28.5 Å². The lowest BCUT2D eigenvalue weighted by Crippen LogP contribution is -2.53. The Bertz CT molecular complexity index is 1170. The summed E-state index contributed by atoms with van der Waals surface area (Å²) < 4.78 is 32.1. The molecular formula is C27H39N3O5S. The number of aryl methyl sites for hydroxylation is 2. The molecule has 0 saturated heterocycles. The van der Waals surface area contributed by atoms with Crippen molar-refractivity contribution < 1.29 is 22.7 Å². The third-order valence-corrected chi connectivity index (χ3v) is 7.31. The number of methoxy groups -OCH3 is 1. The van der Waals surface area contributed by atoms with Crippen LogP contribution in [0.15, 0.2) is 42.5 Å². The lowest BCUT2D eigenvalue weighted by molar-refractivity contribution is -0.140. The molecule has 0 aliphatic rings. The van der Waals surface area contributed by atoms with Crippen molar-refractivity contribution in [3.8, 4) is 5.75 Å². The Morgan fingerprint density at radius 1 is 1.06 bits per heavy atom. The van der Waals surface area contributed by atoms with Crippen LogP contribution in [0.5, 0.6) is 5.75 Å². The summed E-state index contributed by atoms with van der Waals surface area (Å²) in [7, 11) is -2.22. The third kappa shape index (κ3) is 7.71. The normalized spacial score (nSPS) is 13.0. The Morgan fingerprint density at radius 3 is 2.33 bits per heavy atom. The summed E-state index contributed by atoms with van der Waals surface area (Å²) in [5.74, 6) is -0.0961. The Balaban J connectivity index is 2.50. The molecule has 2 amide bonds. The van der Waals surface area contributed by atoms with Gasteiger partial charge in [0.2, 0.25) is 21.8 Å². The van der Waals surface area contributed by atoms with Gasteiger partial charge in [0.05, 0.1) is 19.1 Å². The summed E-state index contributed by atoms with van der Waals surface area (Å²) >= 11 is 0. The summed E-state index contributed by atoms with van der Waals surface area (Å²) in [4.78, 5) is 28.5. The van der Waals surface area contributed by atoms with Crippen molar-refractivity contribution in [3.05, 3.63) is 59.2 Å². The number of ether oxygens (including phenoxy) is 1. The van der Waals surface area contributed by atoms with Crippen LogP contribution in [0.2, 0.25) is 0 Å². The first-order valence-electron chi connectivity index (χ1n) is 12.2. The van der Waals surface area contributed by atoms with Gasteiger partial charge in [0.1, 0.15) is 18.3 Å². The van der Waals surface area contributed by atoms with Crippen molar-refractivity contribution in [2.45, 2.75) is 66.1 Å². The molecule has 0 bridgehead atoms. The van der Waals surface area contributed by atoms with Crippen LogP contribution >= 0.6 is 0 Å². The van der Waals surface area contributed by atoms with Gasteiger partial charge >= 0.3 is 0 Å². The van der Waals surface area contributed by atoms with Gasteiger partial charge in [-0.15, -0.1) is 0 Å². The van der Waals surface area contributed by atoms with Gasteiger partial charge in [-0.1, -0.05) is 38.1 Å². The molecule has 0 radical (unpaired) electrons. The molecule has 0 aromatic heterocycles. The third-order valence-electron chi connectivity index (χ3n) is 6.19. The molecule has 2 rings (SSSR count). The van der Waals surface area contributed by atoms with Gasteiger partial charge in [-0.25, -0.2) is 8.42 Å². The zero-order chi connectivity index (χ0) is 27.0. The van der Waals surface area contributed by atoms with Crippen LogP contribution in [0.4, 0.5) is 5.69 Å². The first-order chi connectivity index (χ1) is 16.9. The van der Waals surface area contributed by atoms with E-state index in [1.165, 1.54) is 4.90 Å². The Hall–Kier alpha value is -3.07. The molecule has 0 spiro atoms. The van der Waals surface area contributed by atoms with Crippen LogP contribution in [0, 0.1) is 13.8 Å². The summed E-state index contributed by atoms with van der Waals surface area (Å²) in [6.07, 6.45) is 2.21. The molecule has 0 saturated carbocycles. The molecule has 9 heteroatoms. The van der Waals surface area contributed by atoms with Crippen LogP contribution in [0.1, 0.15) is 50.3 Å². The number of nitrogens with one attached hydrogen (secondary N) is 1. The van der Waals surface area contributed by atoms with E-state index in [2.05, 4.69) is 5.32 Å². The lowest BCUT2D eigenvalue weighted by Gasteiger charge is -2.33. The second kappa shape index (κ2) is 12.8. The van der Waals surface area contributed by atoms with Crippen molar-refractivity contribution >= 4 is 27.5 Å². The van der Waals surface area contributed by atoms with Gasteiger partial charge < -0.3 is 15.0 Å². The van der Waals surface area contributed by atoms with Crippen LogP contribution < -0.4 is 14.4 Å². The highest BCUT2D eigenvalue weighted by Crippen LogP contribution is 2.25. The van der Waals surface area contributed by atoms with Crippen LogP contribution in [0.3, 0.4) is 0 Å². The summed E-state index contributed by atoms with van der Waals surface area (Å²) in [5, 5.41) is 2.97. The topological polar surface area (TPSA) is 96.0 Å². The van der Waals surface area contributed by atoms with E-state index in [1.807, 2.05) is 52.0 Å². The predicted molar refractivity (Wildman–Crippen MR) is 144 cm³/mol. The fourth-order valence-corrected chi connectivity index (χ4v) is 4.81. The molecule has 36 heavy (non-hydrogen) atoms. The van der Waals surface area contributed by atoms with E-state index in [1.54, 1.807) is 32.2 Å². The van der Waals surface area contributed by atoms with Crippen molar-refractivity contribution in [1.82, 2.24) is 10.2 Å². The molecular weight excluding hydrogens is 478 g/mol. The van der Waals surface area contributed by atoms with E-state index in [4.69, 9.17) is 4.74 Å². The molecule has 198 valence electrons. The molecule has 1 N–H and O–H groups in total. The number of rotatable bonds is 12. The van der Waals surface area contributed by atoms with Crippen LogP contribution in [0.25, 0.3) is 0 Å². The standard InChI is InChI=1S/C27H39N3O5S/c1-8-21(5)28-27(32)24(9-2)29(17-22-11-10-12-23(16-22)35-6)26(31)18-30(36(7,33)34)25-15-19(3)13-14-20(25)4/h10-16,21,24H,8-9,17-18H2,1-7H3,(H,28,32)/t21-,24+/m0/s1. The first kappa shape index (κ1) is 29.2. The summed E-state index contributed by atoms with van der Waals surface area (Å²) in [6.45, 7) is 9.11. The molecule has 2 aromatic carbocycles. The number of amides is 2. The average molecular weight is 518 g/mol. The number of carbonyl (C=O) groups is 2. The maximum absolute atomic E-state index is 13.8. The molecule has 2 aromatic rings. The minimum Gasteiger partial charge on any atom is -0.497 e. The molecule has 0 heterocycles. The number of hydrogen-bond acceptors (Lipinski definition) is 5. The van der Waals surface area contributed by atoms with E-state index in [-0.39, 0.29) is 18.5 Å². The van der Waals surface area contributed by atoms with Crippen LogP contribution in [-0.2, 0) is 26.2 Å². The maximum atomic E-state index is 13.8. The van der Waals surface area contributed by atoms with Gasteiger partial charge in [-0.3, -0.25) is 13.9 Å². The number of hydrogen-bond donors (Lipinski definition) is 1. The largest absolute Gasteiger partial charge is 0.497 e. The first-order valence-corrected chi connectivity index (χ1v) is 14.0. The highest BCUT2D eigenvalue weighted by Gasteiger charge is 2.32. The second-order valence-corrected chi connectivity index (χ2v) is 11.1. The number of carbonyl (C=O) groups excluding carboxylic acids is 2. The number of anilines is 1. The van der Waals surface area contributed by atoms with Crippen molar-refractivity contribution in [2.75, 3.05) is 24.2 Å². The highest BCUT2D eigenvalue weighted by atomic mass is 32.2. The van der Waals surface area contributed by atoms with E-state index >= 15 is 0 Å². The second-order valence-electron chi connectivity index (χ2n) is 9.17. The molecule has 0 aliphatic heterocycles. The fraction of sp³-hybridized carbons (Fsp3) is 0.481. The summed E-state index contributed by atoms with van der Waals surface area (Å²) in [6, 6.07) is 11.9. The Labute approximate surface area is 215 Å². The van der Waals surface area contributed by atoms with Crippen molar-refractivity contribution in [2.24, 2.45) is 0 Å².